The fourth-order valence-corrected chi connectivity index (χ4v) is 2.02. The van der Waals surface area contributed by atoms with Crippen molar-refractivity contribution in [2.24, 2.45) is 5.16 Å². The molecule has 0 bridgehead atoms. The van der Waals surface area contributed by atoms with Crippen LogP contribution in [0.1, 0.15) is 5.56 Å². The number of methoxy groups -OCH3 is 1. The molecule has 0 unspecified atom stereocenters. The fraction of sp³-hybridized carbons (Fsp3) is 0.231. The number of fused-ring (bicyclic) bond motifs is 1. The molecule has 27 heavy (non-hydrogen) atoms. The van der Waals surface area contributed by atoms with Crippen molar-refractivity contribution in [1.29, 1.82) is 0 Å². The summed E-state index contributed by atoms with van der Waals surface area (Å²) < 4.78 is 110. The molecule has 0 spiro atoms. The minimum absolute atomic E-state index is 0.0685. The molecule has 1 aromatic carbocycles. The molecule has 1 aromatic heterocycles. The van der Waals surface area contributed by atoms with Gasteiger partial charge in [-0.3, -0.25) is 4.28 Å². The third kappa shape index (κ3) is 4.32. The van der Waals surface area contributed by atoms with Gasteiger partial charge < -0.3 is 9.15 Å². The fourth-order valence-electron chi connectivity index (χ4n) is 1.77. The number of halogens is 6. The van der Waals surface area contributed by atoms with Gasteiger partial charge in [-0.1, -0.05) is 5.16 Å². The Balaban J connectivity index is 2.63. The molecule has 2 rings (SSSR count). The lowest BCUT2D eigenvalue weighted by atomic mass is 10.1. The molecule has 0 N–H and O–H groups in total. The molecule has 0 atom stereocenters. The lowest BCUT2D eigenvalue weighted by Crippen LogP contribution is -2.31. The Morgan fingerprint density at radius 1 is 1.11 bits per heavy atom. The van der Waals surface area contributed by atoms with Crippen LogP contribution in [0.15, 0.2) is 38.6 Å². The standard InChI is InChI=1S/C13H7F6NO6S/c1-24-7-3-2-6-4-8(11(21)25-9(6)5-7)10(12(14,15)16)20-26-27(22,23)13(17,18)19/h2-5H,1H3/b20-10+. The van der Waals surface area contributed by atoms with Gasteiger partial charge in [0.05, 0.1) is 12.7 Å². The van der Waals surface area contributed by atoms with E-state index in [0.29, 0.717) is 6.07 Å². The SMILES string of the molecule is COc1ccc2cc(/C(=N\OS(=O)(=O)C(F)(F)F)C(F)(F)F)c(=O)oc2c1. The first-order chi connectivity index (χ1) is 12.3. The maximum Gasteiger partial charge on any atom is 0.536 e. The Kier molecular flexibility index (Phi) is 5.14. The number of benzene rings is 1. The van der Waals surface area contributed by atoms with Crippen LogP contribution < -0.4 is 10.4 Å². The molecule has 0 amide bonds. The molecular weight excluding hydrogens is 412 g/mol. The van der Waals surface area contributed by atoms with E-state index >= 15 is 0 Å². The monoisotopic (exact) mass is 419 g/mol. The van der Waals surface area contributed by atoms with Crippen LogP contribution in [0, 0.1) is 0 Å². The average molecular weight is 419 g/mol. The van der Waals surface area contributed by atoms with E-state index in [1.165, 1.54) is 25.3 Å². The van der Waals surface area contributed by atoms with E-state index < -0.39 is 38.7 Å². The van der Waals surface area contributed by atoms with Crippen LogP contribution in [0.4, 0.5) is 26.3 Å². The Labute approximate surface area is 145 Å². The van der Waals surface area contributed by atoms with Crippen molar-refractivity contribution in [3.8, 4) is 5.75 Å². The van der Waals surface area contributed by atoms with Gasteiger partial charge in [0.25, 0.3) is 0 Å². The smallest absolute Gasteiger partial charge is 0.497 e. The van der Waals surface area contributed by atoms with Gasteiger partial charge in [0, 0.05) is 11.5 Å². The number of hydrogen-bond donors (Lipinski definition) is 0. The summed E-state index contributed by atoms with van der Waals surface area (Å²) >= 11 is 0. The van der Waals surface area contributed by atoms with E-state index in [4.69, 9.17) is 4.74 Å². The van der Waals surface area contributed by atoms with Crippen LogP contribution in [-0.4, -0.2) is 32.9 Å². The minimum Gasteiger partial charge on any atom is -0.497 e. The summed E-state index contributed by atoms with van der Waals surface area (Å²) in [6.45, 7) is 0. The quantitative estimate of drug-likeness (QED) is 0.249. The van der Waals surface area contributed by atoms with Crippen molar-refractivity contribution in [2.75, 3.05) is 7.11 Å². The number of hydrogen-bond acceptors (Lipinski definition) is 7. The highest BCUT2D eigenvalue weighted by atomic mass is 32.2. The lowest BCUT2D eigenvalue weighted by Gasteiger charge is -2.11. The number of ether oxygens (including phenoxy) is 1. The largest absolute Gasteiger partial charge is 0.536 e. The first kappa shape index (κ1) is 20.5. The van der Waals surface area contributed by atoms with Gasteiger partial charge in [0.1, 0.15) is 11.3 Å². The van der Waals surface area contributed by atoms with Gasteiger partial charge in [-0.2, -0.15) is 34.8 Å². The van der Waals surface area contributed by atoms with Gasteiger partial charge >= 0.3 is 27.4 Å². The van der Waals surface area contributed by atoms with Gasteiger partial charge in [-0.15, -0.1) is 0 Å². The predicted octanol–water partition coefficient (Wildman–Crippen LogP) is 2.93. The topological polar surface area (TPSA) is 95.2 Å². The summed E-state index contributed by atoms with van der Waals surface area (Å²) in [5, 5.41) is 1.94. The molecule has 14 heteroatoms. The maximum atomic E-state index is 13.1. The third-order valence-electron chi connectivity index (χ3n) is 2.98. The van der Waals surface area contributed by atoms with Crippen molar-refractivity contribution in [1.82, 2.24) is 0 Å². The van der Waals surface area contributed by atoms with Crippen LogP contribution >= 0.6 is 0 Å². The molecule has 2 aromatic rings. The second kappa shape index (κ2) is 6.75. The zero-order valence-electron chi connectivity index (χ0n) is 12.9. The second-order valence-corrected chi connectivity index (χ2v) is 6.28. The predicted molar refractivity (Wildman–Crippen MR) is 77.7 cm³/mol. The highest BCUT2D eigenvalue weighted by molar-refractivity contribution is 7.87. The van der Waals surface area contributed by atoms with Crippen LogP contribution in [0.5, 0.6) is 5.75 Å². The maximum absolute atomic E-state index is 13.1. The Morgan fingerprint density at radius 3 is 2.26 bits per heavy atom. The highest BCUT2D eigenvalue weighted by Gasteiger charge is 2.50. The van der Waals surface area contributed by atoms with Crippen LogP contribution in [0.3, 0.4) is 0 Å². The normalized spacial score (nSPS) is 13.7. The molecule has 0 saturated carbocycles. The van der Waals surface area contributed by atoms with Gasteiger partial charge in [-0.25, -0.2) is 4.79 Å². The average Bonchev–Trinajstić information content (AvgIpc) is 2.52. The van der Waals surface area contributed by atoms with Crippen molar-refractivity contribution < 1.29 is 48.2 Å². The molecule has 0 aliphatic heterocycles. The number of oxime groups is 1. The molecule has 0 fully saturated rings. The van der Waals surface area contributed by atoms with Gasteiger partial charge in [0.2, 0.25) is 0 Å². The van der Waals surface area contributed by atoms with E-state index in [-0.39, 0.29) is 16.7 Å². The minimum atomic E-state index is -6.46. The summed E-state index contributed by atoms with van der Waals surface area (Å²) in [5.74, 6) is 0.211. The highest BCUT2D eigenvalue weighted by Crippen LogP contribution is 2.28. The lowest BCUT2D eigenvalue weighted by molar-refractivity contribution is -0.0634. The van der Waals surface area contributed by atoms with Crippen molar-refractivity contribution >= 4 is 26.8 Å². The van der Waals surface area contributed by atoms with Crippen LogP contribution in [-0.2, 0) is 14.4 Å². The van der Waals surface area contributed by atoms with Crippen molar-refractivity contribution in [3.05, 3.63) is 40.2 Å². The Hall–Kier alpha value is -2.77. The summed E-state index contributed by atoms with van der Waals surface area (Å²) in [6.07, 6.45) is -5.53. The summed E-state index contributed by atoms with van der Waals surface area (Å²) in [5.41, 5.74) is -11.5. The van der Waals surface area contributed by atoms with Gasteiger partial charge in [-0.05, 0) is 18.2 Å². The van der Waals surface area contributed by atoms with Crippen LogP contribution in [0.2, 0.25) is 0 Å². The summed E-state index contributed by atoms with van der Waals surface area (Å²) in [6, 6.07) is 4.29. The van der Waals surface area contributed by atoms with E-state index in [2.05, 4.69) is 8.70 Å². The third-order valence-corrected chi connectivity index (χ3v) is 3.81. The van der Waals surface area contributed by atoms with E-state index in [1.807, 2.05) is 5.16 Å². The van der Waals surface area contributed by atoms with E-state index in [0.717, 1.165) is 0 Å². The molecule has 0 saturated heterocycles. The molecule has 7 nitrogen and oxygen atoms in total. The molecular formula is C13H7F6NO6S. The molecule has 0 aliphatic rings. The summed E-state index contributed by atoms with van der Waals surface area (Å²) in [7, 11) is -5.18. The second-order valence-electron chi connectivity index (χ2n) is 4.76. The first-order valence-electron chi connectivity index (χ1n) is 6.53. The van der Waals surface area contributed by atoms with E-state index in [1.54, 1.807) is 0 Å². The number of rotatable bonds is 4. The number of nitrogens with zero attached hydrogens (tertiary/aromatic N) is 1. The molecule has 0 aliphatic carbocycles. The molecule has 0 radical (unpaired) electrons. The Morgan fingerprint density at radius 2 is 1.74 bits per heavy atom. The van der Waals surface area contributed by atoms with Gasteiger partial charge in [0.15, 0.2) is 5.71 Å². The van der Waals surface area contributed by atoms with E-state index in [9.17, 15) is 39.6 Å². The van der Waals surface area contributed by atoms with Crippen LogP contribution in [0.25, 0.3) is 11.0 Å². The Bertz CT molecular complexity index is 1050. The number of alkyl halides is 6. The first-order valence-corrected chi connectivity index (χ1v) is 7.94. The van der Waals surface area contributed by atoms with Crippen molar-refractivity contribution in [3.63, 3.8) is 0 Å². The van der Waals surface area contributed by atoms with Crippen molar-refractivity contribution in [2.45, 2.75) is 11.7 Å². The molecule has 1 heterocycles. The zero-order valence-corrected chi connectivity index (χ0v) is 13.7. The zero-order chi connectivity index (χ0) is 20.6. The molecule has 148 valence electrons. The summed E-state index contributed by atoms with van der Waals surface area (Å²) in [4.78, 5) is 11.8.